The molecule has 0 aromatic heterocycles. The van der Waals surface area contributed by atoms with Gasteiger partial charge in [0.15, 0.2) is 0 Å². The van der Waals surface area contributed by atoms with E-state index in [1.807, 2.05) is 0 Å². The van der Waals surface area contributed by atoms with Crippen molar-refractivity contribution in [3.63, 3.8) is 0 Å². The van der Waals surface area contributed by atoms with E-state index in [1.165, 1.54) is 32.1 Å². The van der Waals surface area contributed by atoms with Crippen LogP contribution in [-0.2, 0) is 0 Å². The van der Waals surface area contributed by atoms with Crippen LogP contribution in [0.25, 0.3) is 0 Å². The first-order valence-corrected chi connectivity index (χ1v) is 4.02. The third-order valence-electron chi connectivity index (χ3n) is 2.21. The van der Waals surface area contributed by atoms with Crippen molar-refractivity contribution >= 4 is 0 Å². The van der Waals surface area contributed by atoms with Crippen molar-refractivity contribution in [2.75, 3.05) is 0 Å². The summed E-state index contributed by atoms with van der Waals surface area (Å²) in [6.07, 6.45) is 9.40. The van der Waals surface area contributed by atoms with Crippen LogP contribution in [0.5, 0.6) is 0 Å². The van der Waals surface area contributed by atoms with E-state index in [9.17, 15) is 0 Å². The maximum atomic E-state index is 2.45. The monoisotopic (exact) mass is 125 g/mol. The first-order chi connectivity index (χ1) is 4.21. The second-order valence-corrected chi connectivity index (χ2v) is 3.90. The van der Waals surface area contributed by atoms with Gasteiger partial charge in [0.05, 0.1) is 0 Å². The molecule has 0 saturated heterocycles. The Labute approximate surface area is 58.7 Å². The van der Waals surface area contributed by atoms with Gasteiger partial charge in [0.1, 0.15) is 0 Å². The lowest BCUT2D eigenvalue weighted by molar-refractivity contribution is 0.334. The van der Waals surface area contributed by atoms with E-state index < -0.39 is 0 Å². The molecule has 0 aromatic rings. The zero-order valence-corrected chi connectivity index (χ0v) is 6.61. The van der Waals surface area contributed by atoms with Gasteiger partial charge in [0.2, 0.25) is 0 Å². The molecule has 0 aliphatic heterocycles. The van der Waals surface area contributed by atoms with E-state index in [1.54, 1.807) is 0 Å². The molecule has 0 nitrogen and oxygen atoms in total. The van der Waals surface area contributed by atoms with Crippen LogP contribution in [0, 0.1) is 11.8 Å². The third kappa shape index (κ3) is 2.38. The SMILES string of the molecule is CC1(C)C[CH]CCCC1. The Kier molecular flexibility index (Phi) is 2.15. The van der Waals surface area contributed by atoms with Crippen LogP contribution in [0.3, 0.4) is 0 Å². The van der Waals surface area contributed by atoms with Gasteiger partial charge in [-0.3, -0.25) is 0 Å². The van der Waals surface area contributed by atoms with Crippen LogP contribution in [0.15, 0.2) is 0 Å². The standard InChI is InChI=1S/C9H17/c1-9(2)7-5-3-4-6-8-9/h5H,3-4,6-8H2,1-2H3. The second-order valence-electron chi connectivity index (χ2n) is 3.90. The Bertz CT molecular complexity index is 72.0. The molecular formula is C9H17. The fourth-order valence-corrected chi connectivity index (χ4v) is 1.49. The van der Waals surface area contributed by atoms with Gasteiger partial charge >= 0.3 is 0 Å². The second kappa shape index (κ2) is 2.72. The Morgan fingerprint density at radius 3 is 2.78 bits per heavy atom. The fourth-order valence-electron chi connectivity index (χ4n) is 1.49. The maximum absolute atomic E-state index is 2.45. The lowest BCUT2D eigenvalue weighted by Crippen LogP contribution is -2.08. The number of hydrogen-bond donors (Lipinski definition) is 0. The minimum absolute atomic E-state index is 0.608. The zero-order chi connectivity index (χ0) is 6.74. The van der Waals surface area contributed by atoms with Gasteiger partial charge in [-0.1, -0.05) is 33.1 Å². The summed E-state index contributed by atoms with van der Waals surface area (Å²) in [5, 5.41) is 0. The molecule has 9 heavy (non-hydrogen) atoms. The molecule has 0 N–H and O–H groups in total. The van der Waals surface area contributed by atoms with Crippen molar-refractivity contribution in [2.45, 2.75) is 46.0 Å². The van der Waals surface area contributed by atoms with Crippen LogP contribution >= 0.6 is 0 Å². The first-order valence-electron chi connectivity index (χ1n) is 4.02. The average Bonchev–Trinajstić information content (AvgIpc) is 1.92. The third-order valence-corrected chi connectivity index (χ3v) is 2.21. The summed E-state index contributed by atoms with van der Waals surface area (Å²) in [5.41, 5.74) is 0.608. The van der Waals surface area contributed by atoms with Gasteiger partial charge in [-0.2, -0.15) is 0 Å². The van der Waals surface area contributed by atoms with E-state index in [0.717, 1.165) is 0 Å². The molecule has 53 valence electrons. The minimum Gasteiger partial charge on any atom is -0.0599 e. The smallest absolute Gasteiger partial charge is 0.0351 e. The predicted octanol–water partition coefficient (Wildman–Crippen LogP) is 3.18. The highest BCUT2D eigenvalue weighted by molar-refractivity contribution is 4.81. The lowest BCUT2D eigenvalue weighted by Gasteiger charge is -2.20. The van der Waals surface area contributed by atoms with Crippen molar-refractivity contribution < 1.29 is 0 Å². The Morgan fingerprint density at radius 2 is 2.00 bits per heavy atom. The van der Waals surface area contributed by atoms with E-state index in [4.69, 9.17) is 0 Å². The van der Waals surface area contributed by atoms with E-state index >= 15 is 0 Å². The van der Waals surface area contributed by atoms with Crippen molar-refractivity contribution in [3.8, 4) is 0 Å². The molecule has 0 heteroatoms. The highest BCUT2D eigenvalue weighted by atomic mass is 14.2. The molecule has 0 bridgehead atoms. The molecule has 1 fully saturated rings. The molecule has 1 radical (unpaired) electrons. The van der Waals surface area contributed by atoms with Gasteiger partial charge in [-0.05, 0) is 24.7 Å². The molecule has 0 spiro atoms. The molecule has 1 aliphatic carbocycles. The number of rotatable bonds is 0. The molecular weight excluding hydrogens is 108 g/mol. The molecule has 1 aliphatic rings. The van der Waals surface area contributed by atoms with Gasteiger partial charge in [0.25, 0.3) is 0 Å². The van der Waals surface area contributed by atoms with Crippen molar-refractivity contribution in [1.29, 1.82) is 0 Å². The summed E-state index contributed by atoms with van der Waals surface area (Å²) in [6, 6.07) is 0. The highest BCUT2D eigenvalue weighted by Crippen LogP contribution is 2.32. The summed E-state index contributed by atoms with van der Waals surface area (Å²) < 4.78 is 0. The van der Waals surface area contributed by atoms with Crippen LogP contribution in [0.2, 0.25) is 0 Å². The molecule has 0 atom stereocenters. The molecule has 0 amide bonds. The zero-order valence-electron chi connectivity index (χ0n) is 6.61. The first kappa shape index (κ1) is 7.11. The highest BCUT2D eigenvalue weighted by Gasteiger charge is 2.18. The van der Waals surface area contributed by atoms with Crippen LogP contribution in [0.4, 0.5) is 0 Å². The Balaban J connectivity index is 2.36. The summed E-state index contributed by atoms with van der Waals surface area (Å²) in [5.74, 6) is 0. The van der Waals surface area contributed by atoms with Crippen LogP contribution in [-0.4, -0.2) is 0 Å². The van der Waals surface area contributed by atoms with E-state index in [-0.39, 0.29) is 0 Å². The lowest BCUT2D eigenvalue weighted by atomic mass is 9.85. The van der Waals surface area contributed by atoms with Crippen LogP contribution in [0.1, 0.15) is 46.0 Å². The minimum atomic E-state index is 0.608. The van der Waals surface area contributed by atoms with Gasteiger partial charge < -0.3 is 0 Å². The van der Waals surface area contributed by atoms with Crippen LogP contribution < -0.4 is 0 Å². The Morgan fingerprint density at radius 1 is 1.22 bits per heavy atom. The van der Waals surface area contributed by atoms with Gasteiger partial charge in [-0.25, -0.2) is 0 Å². The Hall–Kier alpha value is 0. The summed E-state index contributed by atoms with van der Waals surface area (Å²) >= 11 is 0. The average molecular weight is 125 g/mol. The maximum Gasteiger partial charge on any atom is -0.0351 e. The van der Waals surface area contributed by atoms with Crippen molar-refractivity contribution in [2.24, 2.45) is 5.41 Å². The molecule has 1 rings (SSSR count). The van der Waals surface area contributed by atoms with Gasteiger partial charge in [-0.15, -0.1) is 0 Å². The quantitative estimate of drug-likeness (QED) is 0.436. The predicted molar refractivity (Wildman–Crippen MR) is 41.2 cm³/mol. The van der Waals surface area contributed by atoms with Crippen molar-refractivity contribution in [3.05, 3.63) is 6.42 Å². The molecule has 1 saturated carbocycles. The van der Waals surface area contributed by atoms with Crippen molar-refractivity contribution in [1.82, 2.24) is 0 Å². The van der Waals surface area contributed by atoms with Gasteiger partial charge in [0, 0.05) is 0 Å². The summed E-state index contributed by atoms with van der Waals surface area (Å²) in [7, 11) is 0. The molecule has 0 unspecified atom stereocenters. The molecule has 0 aromatic carbocycles. The van der Waals surface area contributed by atoms with E-state index in [2.05, 4.69) is 20.3 Å². The summed E-state index contributed by atoms with van der Waals surface area (Å²) in [4.78, 5) is 0. The summed E-state index contributed by atoms with van der Waals surface area (Å²) in [6.45, 7) is 4.74. The normalized spacial score (nSPS) is 27.3. The largest absolute Gasteiger partial charge is 0.0599 e. The van der Waals surface area contributed by atoms with E-state index in [0.29, 0.717) is 5.41 Å². The topological polar surface area (TPSA) is 0 Å². The molecule has 0 heterocycles. The number of hydrogen-bond acceptors (Lipinski definition) is 0. The fraction of sp³-hybridized carbons (Fsp3) is 0.889.